The summed E-state index contributed by atoms with van der Waals surface area (Å²) < 4.78 is 0. The van der Waals surface area contributed by atoms with E-state index < -0.39 is 72.1 Å². The van der Waals surface area contributed by atoms with E-state index in [0.717, 1.165) is 0 Å². The van der Waals surface area contributed by atoms with Gasteiger partial charge >= 0.3 is 5.97 Å². The van der Waals surface area contributed by atoms with Crippen LogP contribution in [0, 0.1) is 5.92 Å². The summed E-state index contributed by atoms with van der Waals surface area (Å²) in [5.74, 6) is -4.95. The SMILES string of the molecule is CC(C)C[C@H](N)C(=O)N[C@@H](C)C(=O)N[C@@H](CC(N)=O)C(=O)N[C@@H](C)C(=O)N[C@@H](CCCCN)C(=O)O. The van der Waals surface area contributed by atoms with E-state index in [1.807, 2.05) is 13.8 Å². The molecule has 0 aromatic rings. The molecule has 206 valence electrons. The Kier molecular flexibility index (Phi) is 14.9. The molecule has 14 heteroatoms. The highest BCUT2D eigenvalue weighted by molar-refractivity contribution is 5.96. The third-order valence-electron chi connectivity index (χ3n) is 5.17. The molecule has 0 spiro atoms. The Labute approximate surface area is 210 Å². The van der Waals surface area contributed by atoms with E-state index in [4.69, 9.17) is 17.2 Å². The highest BCUT2D eigenvalue weighted by Gasteiger charge is 2.30. The predicted molar refractivity (Wildman–Crippen MR) is 131 cm³/mol. The molecule has 0 rings (SSSR count). The van der Waals surface area contributed by atoms with Crippen molar-refractivity contribution in [3.8, 4) is 0 Å². The second kappa shape index (κ2) is 16.4. The van der Waals surface area contributed by atoms with E-state index in [0.29, 0.717) is 25.8 Å². The fourth-order valence-electron chi connectivity index (χ4n) is 3.13. The standard InChI is InChI=1S/C22H41N7O7/c1-11(2)9-14(24)20(33)26-12(3)19(32)29-16(10-17(25)30)21(34)27-13(4)18(31)28-15(22(35)36)7-5-6-8-23/h11-16H,5-10,23-24H2,1-4H3,(H2,25,30)(H,26,33)(H,27,34)(H,28,31)(H,29,32)(H,35,36)/t12-,13-,14-,15-,16-/m0/s1. The molecule has 0 unspecified atom stereocenters. The summed E-state index contributed by atoms with van der Waals surface area (Å²) in [6, 6.07) is -5.70. The van der Waals surface area contributed by atoms with Gasteiger partial charge in [-0.05, 0) is 52.0 Å². The van der Waals surface area contributed by atoms with Gasteiger partial charge in [-0.15, -0.1) is 0 Å². The number of hydrogen-bond donors (Lipinski definition) is 8. The van der Waals surface area contributed by atoms with Crippen LogP contribution in [0.3, 0.4) is 0 Å². The number of amides is 5. The van der Waals surface area contributed by atoms with Gasteiger partial charge in [-0.25, -0.2) is 4.79 Å². The van der Waals surface area contributed by atoms with E-state index in [1.54, 1.807) is 0 Å². The Balaban J connectivity index is 5.12. The Morgan fingerprint density at radius 3 is 1.69 bits per heavy atom. The van der Waals surface area contributed by atoms with Gasteiger partial charge in [0.25, 0.3) is 0 Å². The number of nitrogens with two attached hydrogens (primary N) is 3. The largest absolute Gasteiger partial charge is 0.480 e. The average molecular weight is 516 g/mol. The molecule has 5 atom stereocenters. The molecule has 36 heavy (non-hydrogen) atoms. The minimum atomic E-state index is -1.44. The quantitative estimate of drug-likeness (QED) is 0.0946. The van der Waals surface area contributed by atoms with Gasteiger partial charge in [0.15, 0.2) is 0 Å². The maximum atomic E-state index is 12.7. The van der Waals surface area contributed by atoms with E-state index in [1.165, 1.54) is 13.8 Å². The molecule has 0 bridgehead atoms. The van der Waals surface area contributed by atoms with Crippen LogP contribution in [0.5, 0.6) is 0 Å². The number of carbonyl (C=O) groups is 6. The first kappa shape index (κ1) is 32.7. The molecule has 0 aromatic carbocycles. The molecule has 5 amide bonds. The van der Waals surface area contributed by atoms with Gasteiger partial charge in [-0.3, -0.25) is 24.0 Å². The molecule has 0 radical (unpaired) electrons. The number of unbranched alkanes of at least 4 members (excludes halogenated alkanes) is 1. The fraction of sp³-hybridized carbons (Fsp3) is 0.727. The first-order valence-corrected chi connectivity index (χ1v) is 11.9. The minimum Gasteiger partial charge on any atom is -0.480 e. The van der Waals surface area contributed by atoms with E-state index >= 15 is 0 Å². The zero-order chi connectivity index (χ0) is 28.0. The van der Waals surface area contributed by atoms with Crippen molar-refractivity contribution in [3.05, 3.63) is 0 Å². The highest BCUT2D eigenvalue weighted by Crippen LogP contribution is 2.04. The first-order chi connectivity index (χ1) is 16.7. The molecular formula is C22H41N7O7. The third kappa shape index (κ3) is 13.0. The van der Waals surface area contributed by atoms with Crippen molar-refractivity contribution >= 4 is 35.5 Å². The number of carbonyl (C=O) groups excluding carboxylic acids is 5. The average Bonchev–Trinajstić information content (AvgIpc) is 2.76. The van der Waals surface area contributed by atoms with Crippen LogP contribution in [-0.4, -0.2) is 77.4 Å². The Morgan fingerprint density at radius 2 is 1.25 bits per heavy atom. The molecule has 0 aliphatic rings. The topological polar surface area (TPSA) is 249 Å². The Hall–Kier alpha value is -3.26. The van der Waals surface area contributed by atoms with Gasteiger partial charge in [0.05, 0.1) is 12.5 Å². The molecule has 11 N–H and O–H groups in total. The van der Waals surface area contributed by atoms with Crippen LogP contribution in [0.15, 0.2) is 0 Å². The van der Waals surface area contributed by atoms with Gasteiger partial charge in [-0.2, -0.15) is 0 Å². The van der Waals surface area contributed by atoms with Crippen molar-refractivity contribution in [1.82, 2.24) is 21.3 Å². The van der Waals surface area contributed by atoms with Crippen LogP contribution in [0.1, 0.15) is 59.8 Å². The van der Waals surface area contributed by atoms with Gasteiger partial charge in [0, 0.05) is 0 Å². The van der Waals surface area contributed by atoms with Crippen LogP contribution < -0.4 is 38.5 Å². The smallest absolute Gasteiger partial charge is 0.326 e. The fourth-order valence-corrected chi connectivity index (χ4v) is 3.13. The summed E-state index contributed by atoms with van der Waals surface area (Å²) in [5, 5.41) is 18.7. The lowest BCUT2D eigenvalue weighted by molar-refractivity contribution is -0.142. The van der Waals surface area contributed by atoms with E-state index in [-0.39, 0.29) is 12.3 Å². The van der Waals surface area contributed by atoms with Crippen LogP contribution in [0.2, 0.25) is 0 Å². The molecule has 0 saturated carbocycles. The lowest BCUT2D eigenvalue weighted by Crippen LogP contribution is -2.58. The molecule has 0 fully saturated rings. The van der Waals surface area contributed by atoms with E-state index in [2.05, 4.69) is 21.3 Å². The molecule has 0 aliphatic carbocycles. The molecule has 14 nitrogen and oxygen atoms in total. The van der Waals surface area contributed by atoms with Crippen LogP contribution in [0.4, 0.5) is 0 Å². The minimum absolute atomic E-state index is 0.156. The van der Waals surface area contributed by atoms with E-state index in [9.17, 15) is 33.9 Å². The molecule has 0 saturated heterocycles. The number of carboxylic acid groups (broad SMARTS) is 1. The maximum Gasteiger partial charge on any atom is 0.326 e. The summed E-state index contributed by atoms with van der Waals surface area (Å²) in [5.41, 5.74) is 16.4. The first-order valence-electron chi connectivity index (χ1n) is 11.9. The van der Waals surface area contributed by atoms with Gasteiger partial charge < -0.3 is 43.6 Å². The zero-order valence-corrected chi connectivity index (χ0v) is 21.3. The number of aliphatic carboxylic acids is 1. The van der Waals surface area contributed by atoms with Gasteiger partial charge in [0.2, 0.25) is 29.5 Å². The number of carboxylic acids is 1. The number of nitrogens with one attached hydrogen (secondary N) is 4. The summed E-state index contributed by atoms with van der Waals surface area (Å²) in [6.07, 6.45) is 1.06. The third-order valence-corrected chi connectivity index (χ3v) is 5.17. The lowest BCUT2D eigenvalue weighted by atomic mass is 10.0. The van der Waals surface area contributed by atoms with Crippen LogP contribution in [-0.2, 0) is 28.8 Å². The number of hydrogen-bond acceptors (Lipinski definition) is 8. The maximum absolute atomic E-state index is 12.7. The molecule has 0 aromatic heterocycles. The normalized spacial score (nSPS) is 15.1. The lowest BCUT2D eigenvalue weighted by Gasteiger charge is -2.24. The Bertz CT molecular complexity index is 791. The number of rotatable bonds is 17. The Morgan fingerprint density at radius 1 is 0.750 bits per heavy atom. The molecule has 0 heterocycles. The molecule has 0 aliphatic heterocycles. The summed E-state index contributed by atoms with van der Waals surface area (Å²) in [7, 11) is 0. The predicted octanol–water partition coefficient (Wildman–Crippen LogP) is -2.57. The number of primary amides is 1. The summed E-state index contributed by atoms with van der Waals surface area (Å²) in [4.78, 5) is 72.6. The monoisotopic (exact) mass is 515 g/mol. The molecular weight excluding hydrogens is 474 g/mol. The zero-order valence-electron chi connectivity index (χ0n) is 21.3. The highest BCUT2D eigenvalue weighted by atomic mass is 16.4. The van der Waals surface area contributed by atoms with Gasteiger partial charge in [-0.1, -0.05) is 13.8 Å². The van der Waals surface area contributed by atoms with Crippen molar-refractivity contribution < 1.29 is 33.9 Å². The van der Waals surface area contributed by atoms with Crippen molar-refractivity contribution in [2.24, 2.45) is 23.1 Å². The van der Waals surface area contributed by atoms with Crippen molar-refractivity contribution in [1.29, 1.82) is 0 Å². The second-order valence-corrected chi connectivity index (χ2v) is 9.11. The second-order valence-electron chi connectivity index (χ2n) is 9.11. The summed E-state index contributed by atoms with van der Waals surface area (Å²) >= 11 is 0. The van der Waals surface area contributed by atoms with Crippen molar-refractivity contribution in [3.63, 3.8) is 0 Å². The summed E-state index contributed by atoms with van der Waals surface area (Å²) in [6.45, 7) is 6.85. The van der Waals surface area contributed by atoms with Crippen LogP contribution in [0.25, 0.3) is 0 Å². The van der Waals surface area contributed by atoms with Crippen molar-refractivity contribution in [2.45, 2.75) is 90.0 Å². The van der Waals surface area contributed by atoms with Gasteiger partial charge in [0.1, 0.15) is 24.2 Å². The van der Waals surface area contributed by atoms with Crippen molar-refractivity contribution in [2.75, 3.05) is 6.54 Å². The van der Waals surface area contributed by atoms with Crippen LogP contribution >= 0.6 is 0 Å².